The number of aromatic nitrogens is 3. The quantitative estimate of drug-likeness (QED) is 0.222. The van der Waals surface area contributed by atoms with E-state index in [2.05, 4.69) is 23.1 Å². The summed E-state index contributed by atoms with van der Waals surface area (Å²) >= 11 is 12.9. The van der Waals surface area contributed by atoms with Gasteiger partial charge >= 0.3 is 0 Å². The number of halogens is 2. The van der Waals surface area contributed by atoms with Gasteiger partial charge in [-0.05, 0) is 56.0 Å². The zero-order valence-electron chi connectivity index (χ0n) is 21.9. The van der Waals surface area contributed by atoms with Crippen LogP contribution in [0.2, 0.25) is 10.0 Å². The molecular formula is C32H28Cl2N4O. The van der Waals surface area contributed by atoms with Gasteiger partial charge in [0.25, 0.3) is 0 Å². The molecule has 3 aromatic carbocycles. The lowest BCUT2D eigenvalue weighted by Crippen LogP contribution is -2.47. The van der Waals surface area contributed by atoms with E-state index >= 15 is 0 Å². The summed E-state index contributed by atoms with van der Waals surface area (Å²) in [6.45, 7) is 5.18. The molecule has 6 rings (SSSR count). The van der Waals surface area contributed by atoms with Crippen molar-refractivity contribution in [1.82, 2.24) is 14.6 Å². The molecule has 1 saturated heterocycles. The molecule has 0 amide bonds. The number of ketones is 1. The van der Waals surface area contributed by atoms with Crippen molar-refractivity contribution in [2.24, 2.45) is 0 Å². The molecule has 0 radical (unpaired) electrons. The Morgan fingerprint density at radius 1 is 0.897 bits per heavy atom. The van der Waals surface area contributed by atoms with E-state index in [0.717, 1.165) is 71.0 Å². The van der Waals surface area contributed by atoms with E-state index in [9.17, 15) is 4.79 Å². The fourth-order valence-corrected chi connectivity index (χ4v) is 6.14. The second kappa shape index (κ2) is 10.1. The predicted molar refractivity (Wildman–Crippen MR) is 159 cm³/mol. The van der Waals surface area contributed by atoms with E-state index in [1.807, 2.05) is 78.2 Å². The molecule has 1 aliphatic rings. The van der Waals surface area contributed by atoms with E-state index < -0.39 is 5.41 Å². The van der Waals surface area contributed by atoms with Crippen LogP contribution in [-0.4, -0.2) is 33.5 Å². The Labute approximate surface area is 238 Å². The Kier molecular flexibility index (Phi) is 6.66. The number of benzene rings is 3. The Bertz CT molecular complexity index is 1670. The van der Waals surface area contributed by atoms with Crippen LogP contribution < -0.4 is 4.90 Å². The van der Waals surface area contributed by atoms with E-state index in [0.29, 0.717) is 10.0 Å². The number of hydrogen-bond acceptors (Lipinski definition) is 4. The van der Waals surface area contributed by atoms with Gasteiger partial charge in [-0.25, -0.2) is 4.98 Å². The third-order valence-electron chi connectivity index (χ3n) is 7.90. The monoisotopic (exact) mass is 554 g/mol. The number of anilines is 1. The largest absolute Gasteiger partial charge is 0.356 e. The minimum Gasteiger partial charge on any atom is -0.356 e. The van der Waals surface area contributed by atoms with Crippen LogP contribution in [0.15, 0.2) is 84.9 Å². The Hall–Kier alpha value is -3.67. The summed E-state index contributed by atoms with van der Waals surface area (Å²) in [7, 11) is 0. The third kappa shape index (κ3) is 4.50. The van der Waals surface area contributed by atoms with E-state index in [1.54, 1.807) is 6.92 Å². The minimum absolute atomic E-state index is 0.217. The van der Waals surface area contributed by atoms with Crippen LogP contribution in [0, 0.1) is 6.92 Å². The Morgan fingerprint density at radius 2 is 1.56 bits per heavy atom. The summed E-state index contributed by atoms with van der Waals surface area (Å²) in [4.78, 5) is 20.3. The van der Waals surface area contributed by atoms with Crippen molar-refractivity contribution in [2.75, 3.05) is 18.0 Å². The number of fused-ring (bicyclic) bond motifs is 1. The number of nitrogens with zero attached hydrogens (tertiary/aromatic N) is 4. The summed E-state index contributed by atoms with van der Waals surface area (Å²) in [6, 6.07) is 27.7. The van der Waals surface area contributed by atoms with Crippen molar-refractivity contribution in [1.29, 1.82) is 0 Å². The first-order valence-electron chi connectivity index (χ1n) is 13.1. The highest BCUT2D eigenvalue weighted by Crippen LogP contribution is 2.41. The average Bonchev–Trinajstić information content (AvgIpc) is 3.32. The lowest BCUT2D eigenvalue weighted by molar-refractivity contribution is -0.123. The second-order valence-corrected chi connectivity index (χ2v) is 11.0. The summed E-state index contributed by atoms with van der Waals surface area (Å²) < 4.78 is 1.93. The van der Waals surface area contributed by atoms with Gasteiger partial charge in [0, 0.05) is 35.4 Å². The van der Waals surface area contributed by atoms with Crippen molar-refractivity contribution >= 4 is 40.5 Å². The second-order valence-electron chi connectivity index (χ2n) is 10.2. The molecule has 0 aliphatic carbocycles. The van der Waals surface area contributed by atoms with Crippen molar-refractivity contribution < 1.29 is 4.79 Å². The fraction of sp³-hybridized carbons (Fsp3) is 0.219. The van der Waals surface area contributed by atoms with Gasteiger partial charge in [-0.1, -0.05) is 83.9 Å². The normalized spacial score (nSPS) is 15.0. The maximum atomic E-state index is 13.0. The highest BCUT2D eigenvalue weighted by Gasteiger charge is 2.41. The molecule has 0 saturated carbocycles. The minimum atomic E-state index is -0.472. The predicted octanol–water partition coefficient (Wildman–Crippen LogP) is 7.81. The number of carbonyl (C=O) groups is 1. The number of piperidine rings is 1. The van der Waals surface area contributed by atoms with E-state index in [4.69, 9.17) is 33.3 Å². The van der Waals surface area contributed by atoms with Gasteiger partial charge in [0.1, 0.15) is 17.3 Å². The fourth-order valence-electron chi connectivity index (χ4n) is 5.79. The smallest absolute Gasteiger partial charge is 0.166 e. The maximum Gasteiger partial charge on any atom is 0.166 e. The van der Waals surface area contributed by atoms with Crippen LogP contribution in [0.3, 0.4) is 0 Å². The zero-order chi connectivity index (χ0) is 27.1. The maximum absolute atomic E-state index is 13.0. The molecule has 0 N–H and O–H groups in total. The van der Waals surface area contributed by atoms with E-state index in [1.165, 1.54) is 0 Å². The molecule has 1 aliphatic heterocycles. The first-order valence-corrected chi connectivity index (χ1v) is 13.9. The van der Waals surface area contributed by atoms with Gasteiger partial charge in [0.05, 0.1) is 16.0 Å². The number of rotatable bonds is 5. The third-order valence-corrected chi connectivity index (χ3v) is 8.48. The molecule has 0 unspecified atom stereocenters. The zero-order valence-corrected chi connectivity index (χ0v) is 23.4. The first kappa shape index (κ1) is 25.6. The van der Waals surface area contributed by atoms with Crippen LogP contribution in [0.25, 0.3) is 28.0 Å². The Morgan fingerprint density at radius 3 is 2.23 bits per heavy atom. The van der Waals surface area contributed by atoms with Gasteiger partial charge in [0.2, 0.25) is 0 Å². The van der Waals surface area contributed by atoms with Crippen LogP contribution in [0.1, 0.15) is 31.0 Å². The summed E-state index contributed by atoms with van der Waals surface area (Å²) in [6.07, 6.45) is 1.47. The average molecular weight is 556 g/mol. The van der Waals surface area contributed by atoms with Crippen LogP contribution in [0.4, 0.5) is 5.82 Å². The van der Waals surface area contributed by atoms with E-state index in [-0.39, 0.29) is 5.78 Å². The van der Waals surface area contributed by atoms with Crippen molar-refractivity contribution in [3.05, 3.63) is 106 Å². The molecule has 0 bridgehead atoms. The summed E-state index contributed by atoms with van der Waals surface area (Å²) in [5.41, 5.74) is 5.76. The van der Waals surface area contributed by atoms with Gasteiger partial charge in [-0.3, -0.25) is 4.79 Å². The number of carbonyl (C=O) groups excluding carboxylic acids is 1. The standard InChI is InChI=1S/C32H28Cl2N4O/c1-21-20-28(37-18-16-32(17-19-37,22(2)39)24-8-4-3-5-9-24)38-31(35-21)29(23-12-14-25(33)15-13-23)30(36-38)26-10-6-7-11-27(26)34/h3-15,20H,16-19H2,1-2H3. The number of aryl methyl sites for hydroxylation is 1. The topological polar surface area (TPSA) is 50.5 Å². The highest BCUT2D eigenvalue weighted by molar-refractivity contribution is 6.33. The van der Waals surface area contributed by atoms with Gasteiger partial charge in [-0.15, -0.1) is 0 Å². The molecule has 196 valence electrons. The molecule has 5 aromatic rings. The first-order chi connectivity index (χ1) is 18.9. The molecular weight excluding hydrogens is 527 g/mol. The molecule has 3 heterocycles. The molecule has 7 heteroatoms. The lowest BCUT2D eigenvalue weighted by Gasteiger charge is -2.41. The molecule has 2 aromatic heterocycles. The molecule has 5 nitrogen and oxygen atoms in total. The Balaban J connectivity index is 1.48. The molecule has 0 atom stereocenters. The van der Waals surface area contributed by atoms with Gasteiger partial charge < -0.3 is 4.90 Å². The molecule has 0 spiro atoms. The molecule has 1 fully saturated rings. The van der Waals surface area contributed by atoms with Crippen molar-refractivity contribution in [3.8, 4) is 22.4 Å². The van der Waals surface area contributed by atoms with Crippen molar-refractivity contribution in [3.63, 3.8) is 0 Å². The lowest BCUT2D eigenvalue weighted by atomic mass is 9.70. The van der Waals surface area contributed by atoms with Gasteiger partial charge in [0.15, 0.2) is 5.65 Å². The number of hydrogen-bond donors (Lipinski definition) is 0. The highest BCUT2D eigenvalue weighted by atomic mass is 35.5. The van der Waals surface area contributed by atoms with Crippen LogP contribution in [-0.2, 0) is 10.2 Å². The SMILES string of the molecule is CC(=O)C1(c2ccccc2)CCN(c2cc(C)nc3c(-c4ccc(Cl)cc4)c(-c4ccccc4Cl)nn23)CC1. The summed E-state index contributed by atoms with van der Waals surface area (Å²) in [5.74, 6) is 1.17. The molecule has 39 heavy (non-hydrogen) atoms. The van der Waals surface area contributed by atoms with Crippen LogP contribution >= 0.6 is 23.2 Å². The summed E-state index contributed by atoms with van der Waals surface area (Å²) in [5, 5.41) is 6.41. The number of Topliss-reactive ketones (excluding diaryl/α,β-unsaturated/α-hetero) is 1. The van der Waals surface area contributed by atoms with Crippen molar-refractivity contribution in [2.45, 2.75) is 32.1 Å². The van der Waals surface area contributed by atoms with Gasteiger partial charge in [-0.2, -0.15) is 9.61 Å². The van der Waals surface area contributed by atoms with Crippen LogP contribution in [0.5, 0.6) is 0 Å².